The first-order valence-corrected chi connectivity index (χ1v) is 9.34. The monoisotopic (exact) mass is 361 g/mol. The third-order valence-electron chi connectivity index (χ3n) is 3.57. The summed E-state index contributed by atoms with van der Waals surface area (Å²) in [5.41, 5.74) is 2.76. The van der Waals surface area contributed by atoms with Gasteiger partial charge < -0.3 is 0 Å². The number of nitrogens with zero attached hydrogens (tertiary/aromatic N) is 1. The van der Waals surface area contributed by atoms with Gasteiger partial charge in [0.1, 0.15) is 10.7 Å². The highest BCUT2D eigenvalue weighted by Crippen LogP contribution is 2.32. The molecule has 1 aromatic heterocycles. The Kier molecular flexibility index (Phi) is 4.39. The van der Waals surface area contributed by atoms with E-state index in [1.165, 1.54) is 12.1 Å². The zero-order valence-electron chi connectivity index (χ0n) is 12.7. The minimum atomic E-state index is -3.61. The van der Waals surface area contributed by atoms with Gasteiger partial charge in [-0.25, -0.2) is 12.8 Å². The second-order valence-corrected chi connectivity index (χ2v) is 7.74. The van der Waals surface area contributed by atoms with E-state index in [0.717, 1.165) is 17.4 Å². The van der Waals surface area contributed by atoms with Gasteiger partial charge >= 0.3 is 0 Å². The molecule has 0 N–H and O–H groups in total. The molecule has 0 aliphatic carbocycles. The van der Waals surface area contributed by atoms with Crippen LogP contribution in [0.4, 0.5) is 4.39 Å². The van der Waals surface area contributed by atoms with E-state index in [2.05, 4.69) is 4.98 Å². The van der Waals surface area contributed by atoms with Gasteiger partial charge in [-0.3, -0.25) is 4.98 Å². The molecule has 1 heterocycles. The molecule has 6 heteroatoms. The molecule has 0 atom stereocenters. The Hall–Kier alpha value is -2.24. The molecule has 0 fully saturated rings. The SMILES string of the molecule is CS(=O)(=O)c1ccc(-c2ncccc2-c2ccc(Cl)cc2)cc1F. The molecule has 0 spiro atoms. The van der Waals surface area contributed by atoms with Crippen molar-refractivity contribution in [3.63, 3.8) is 0 Å². The number of sulfone groups is 1. The largest absolute Gasteiger partial charge is 0.256 e. The lowest BCUT2D eigenvalue weighted by atomic mass is 9.99. The predicted molar refractivity (Wildman–Crippen MR) is 93.2 cm³/mol. The first-order valence-electron chi connectivity index (χ1n) is 7.07. The Morgan fingerprint density at radius 1 is 1.00 bits per heavy atom. The van der Waals surface area contributed by atoms with Gasteiger partial charge in [0.2, 0.25) is 0 Å². The highest BCUT2D eigenvalue weighted by atomic mass is 35.5. The highest BCUT2D eigenvalue weighted by Gasteiger charge is 2.16. The molecule has 0 aliphatic heterocycles. The van der Waals surface area contributed by atoms with Crippen LogP contribution in [0.15, 0.2) is 65.7 Å². The predicted octanol–water partition coefficient (Wildman–Crippen LogP) is 4.61. The summed E-state index contributed by atoms with van der Waals surface area (Å²) in [6.07, 6.45) is 2.59. The van der Waals surface area contributed by atoms with Crippen molar-refractivity contribution >= 4 is 21.4 Å². The number of rotatable bonds is 3. The highest BCUT2D eigenvalue weighted by molar-refractivity contribution is 7.90. The summed E-state index contributed by atoms with van der Waals surface area (Å²) >= 11 is 5.91. The lowest BCUT2D eigenvalue weighted by molar-refractivity contribution is 0.571. The minimum absolute atomic E-state index is 0.324. The van der Waals surface area contributed by atoms with Gasteiger partial charge in [-0.15, -0.1) is 0 Å². The molecule has 0 bridgehead atoms. The first-order chi connectivity index (χ1) is 11.4. The van der Waals surface area contributed by atoms with Gasteiger partial charge in [0.15, 0.2) is 9.84 Å². The average molecular weight is 362 g/mol. The fourth-order valence-electron chi connectivity index (χ4n) is 2.45. The Balaban J connectivity index is 2.14. The van der Waals surface area contributed by atoms with Crippen LogP contribution >= 0.6 is 11.6 Å². The van der Waals surface area contributed by atoms with Crippen LogP contribution in [0.1, 0.15) is 0 Å². The Morgan fingerprint density at radius 3 is 2.29 bits per heavy atom. The summed E-state index contributed by atoms with van der Waals surface area (Å²) in [4.78, 5) is 4.01. The van der Waals surface area contributed by atoms with Gasteiger partial charge in [-0.2, -0.15) is 0 Å². The fraction of sp³-hybridized carbons (Fsp3) is 0.0556. The Morgan fingerprint density at radius 2 is 1.67 bits per heavy atom. The van der Waals surface area contributed by atoms with Crippen LogP contribution in [0.2, 0.25) is 5.02 Å². The molecule has 0 radical (unpaired) electrons. The third kappa shape index (κ3) is 3.32. The molecule has 122 valence electrons. The van der Waals surface area contributed by atoms with E-state index in [-0.39, 0.29) is 4.90 Å². The molecule has 0 saturated carbocycles. The number of hydrogen-bond acceptors (Lipinski definition) is 3. The zero-order valence-corrected chi connectivity index (χ0v) is 14.3. The number of aromatic nitrogens is 1. The van der Waals surface area contributed by atoms with Crippen LogP contribution in [0.5, 0.6) is 0 Å². The van der Waals surface area contributed by atoms with E-state index in [1.54, 1.807) is 30.5 Å². The second kappa shape index (κ2) is 6.34. The van der Waals surface area contributed by atoms with E-state index in [4.69, 9.17) is 11.6 Å². The van der Waals surface area contributed by atoms with Gasteiger partial charge in [0.05, 0.1) is 5.69 Å². The second-order valence-electron chi connectivity index (χ2n) is 5.32. The van der Waals surface area contributed by atoms with Gasteiger partial charge in [-0.1, -0.05) is 35.9 Å². The minimum Gasteiger partial charge on any atom is -0.256 e. The van der Waals surface area contributed by atoms with Gasteiger partial charge in [0.25, 0.3) is 0 Å². The van der Waals surface area contributed by atoms with Crippen molar-refractivity contribution in [1.82, 2.24) is 4.98 Å². The maximum Gasteiger partial charge on any atom is 0.178 e. The smallest absolute Gasteiger partial charge is 0.178 e. The number of pyridine rings is 1. The topological polar surface area (TPSA) is 47.0 Å². The standard InChI is InChI=1S/C18H13ClFNO2S/c1-24(22,23)17-9-6-13(11-16(17)20)18-15(3-2-10-21-18)12-4-7-14(19)8-5-12/h2-11H,1H3. The zero-order chi connectivity index (χ0) is 17.3. The van der Waals surface area contributed by atoms with Crippen molar-refractivity contribution in [3.8, 4) is 22.4 Å². The Labute approximate surface area is 144 Å². The molecule has 24 heavy (non-hydrogen) atoms. The summed E-state index contributed by atoms with van der Waals surface area (Å²) in [7, 11) is -3.61. The average Bonchev–Trinajstić information content (AvgIpc) is 2.54. The lowest BCUT2D eigenvalue weighted by Gasteiger charge is -2.10. The fourth-order valence-corrected chi connectivity index (χ4v) is 3.30. The number of hydrogen-bond donors (Lipinski definition) is 0. The third-order valence-corrected chi connectivity index (χ3v) is 4.95. The van der Waals surface area contributed by atoms with Gasteiger partial charge in [0, 0.05) is 28.6 Å². The molecule has 0 aliphatic rings. The van der Waals surface area contributed by atoms with Crippen LogP contribution in [0.25, 0.3) is 22.4 Å². The van der Waals surface area contributed by atoms with Crippen LogP contribution in [-0.2, 0) is 9.84 Å². The van der Waals surface area contributed by atoms with Crippen LogP contribution in [0.3, 0.4) is 0 Å². The van der Waals surface area contributed by atoms with E-state index < -0.39 is 15.7 Å². The molecular formula is C18H13ClFNO2S. The molecule has 3 aromatic rings. The maximum atomic E-state index is 14.2. The summed E-state index contributed by atoms with van der Waals surface area (Å²) < 4.78 is 37.3. The van der Waals surface area contributed by atoms with Gasteiger partial charge in [-0.05, 0) is 35.9 Å². The summed E-state index contributed by atoms with van der Waals surface area (Å²) in [6, 6.07) is 14.9. The number of halogens is 2. The van der Waals surface area contributed by atoms with E-state index in [1.807, 2.05) is 18.2 Å². The molecule has 3 nitrogen and oxygen atoms in total. The lowest BCUT2D eigenvalue weighted by Crippen LogP contribution is -2.01. The summed E-state index contributed by atoms with van der Waals surface area (Å²) in [6.45, 7) is 0. The summed E-state index contributed by atoms with van der Waals surface area (Å²) in [5, 5.41) is 0.618. The molecule has 0 saturated heterocycles. The van der Waals surface area contributed by atoms with Crippen molar-refractivity contribution in [2.24, 2.45) is 0 Å². The Bertz CT molecular complexity index is 1000. The van der Waals surface area contributed by atoms with Crippen molar-refractivity contribution in [2.75, 3.05) is 6.26 Å². The van der Waals surface area contributed by atoms with E-state index >= 15 is 0 Å². The van der Waals surface area contributed by atoms with Crippen molar-refractivity contribution < 1.29 is 12.8 Å². The quantitative estimate of drug-likeness (QED) is 0.684. The van der Waals surface area contributed by atoms with Crippen molar-refractivity contribution in [1.29, 1.82) is 0 Å². The number of benzene rings is 2. The molecule has 0 amide bonds. The molecular weight excluding hydrogens is 349 g/mol. The first kappa shape index (κ1) is 16.6. The normalized spacial score (nSPS) is 11.5. The van der Waals surface area contributed by atoms with Crippen molar-refractivity contribution in [3.05, 3.63) is 71.6 Å². The van der Waals surface area contributed by atoms with Crippen LogP contribution < -0.4 is 0 Å². The van der Waals surface area contributed by atoms with E-state index in [0.29, 0.717) is 16.3 Å². The molecule has 0 unspecified atom stereocenters. The summed E-state index contributed by atoms with van der Waals surface area (Å²) in [5.74, 6) is -0.789. The maximum absolute atomic E-state index is 14.2. The van der Waals surface area contributed by atoms with E-state index in [9.17, 15) is 12.8 Å². The van der Waals surface area contributed by atoms with Crippen molar-refractivity contribution in [2.45, 2.75) is 4.90 Å². The van der Waals surface area contributed by atoms with Crippen LogP contribution in [-0.4, -0.2) is 19.7 Å². The van der Waals surface area contributed by atoms with Crippen LogP contribution in [0, 0.1) is 5.82 Å². The molecule has 2 aromatic carbocycles. The molecule has 3 rings (SSSR count).